The fourth-order valence-corrected chi connectivity index (χ4v) is 1.76. The van der Waals surface area contributed by atoms with E-state index in [2.05, 4.69) is 16.3 Å². The number of aryl methyl sites for hydroxylation is 1. The normalized spacial score (nSPS) is 16.3. The lowest BCUT2D eigenvalue weighted by Gasteiger charge is -1.98. The fraction of sp³-hybridized carbons (Fsp3) is 0.727. The van der Waals surface area contributed by atoms with Crippen LogP contribution >= 0.6 is 0 Å². The van der Waals surface area contributed by atoms with Gasteiger partial charge in [-0.3, -0.25) is 5.10 Å². The first-order valence-corrected chi connectivity index (χ1v) is 5.43. The van der Waals surface area contributed by atoms with Gasteiger partial charge in [0.05, 0.1) is 0 Å². The summed E-state index contributed by atoms with van der Waals surface area (Å²) >= 11 is 0. The summed E-state index contributed by atoms with van der Waals surface area (Å²) in [5.74, 6) is 1.10. The second-order valence-electron chi connectivity index (χ2n) is 4.12. The molecule has 2 nitrogen and oxygen atoms in total. The summed E-state index contributed by atoms with van der Waals surface area (Å²) < 4.78 is 0. The van der Waals surface area contributed by atoms with Crippen molar-refractivity contribution in [2.45, 2.75) is 44.9 Å². The van der Waals surface area contributed by atoms with E-state index in [1.807, 2.05) is 6.20 Å². The number of nitrogens with one attached hydrogen (secondary N) is 1. The number of aromatic nitrogens is 2. The first-order valence-electron chi connectivity index (χ1n) is 5.43. The quantitative estimate of drug-likeness (QED) is 0.667. The van der Waals surface area contributed by atoms with Gasteiger partial charge in [-0.05, 0) is 24.8 Å². The second kappa shape index (κ2) is 4.45. The molecule has 0 aromatic carbocycles. The summed E-state index contributed by atoms with van der Waals surface area (Å²) in [6, 6.07) is 2.07. The first-order chi connectivity index (χ1) is 6.45. The fourth-order valence-electron chi connectivity index (χ4n) is 1.76. The van der Waals surface area contributed by atoms with Crippen LogP contribution in [0, 0.1) is 5.92 Å². The number of H-pyrrole nitrogens is 1. The van der Waals surface area contributed by atoms with Crippen LogP contribution in [0.1, 0.15) is 44.2 Å². The molecule has 1 aliphatic rings. The summed E-state index contributed by atoms with van der Waals surface area (Å²) in [4.78, 5) is 0. The minimum Gasteiger partial charge on any atom is -0.283 e. The van der Waals surface area contributed by atoms with Crippen molar-refractivity contribution >= 4 is 0 Å². The van der Waals surface area contributed by atoms with E-state index in [1.54, 1.807) is 0 Å². The van der Waals surface area contributed by atoms with Crippen LogP contribution in [0.15, 0.2) is 12.3 Å². The van der Waals surface area contributed by atoms with Gasteiger partial charge in [-0.15, -0.1) is 0 Å². The number of aromatic amines is 1. The molecule has 1 aliphatic carbocycles. The third-order valence-corrected chi connectivity index (χ3v) is 2.81. The zero-order valence-electron chi connectivity index (χ0n) is 8.13. The molecule has 0 spiro atoms. The van der Waals surface area contributed by atoms with Crippen molar-refractivity contribution < 1.29 is 0 Å². The molecule has 0 bridgehead atoms. The number of hydrogen-bond donors (Lipinski definition) is 1. The standard InChI is InChI=1S/C11H18N2/c1(2-4-10-6-7-10)3-5-11-8-9-12-13-11/h8-10H,1-7H2,(H,12,13). The van der Waals surface area contributed by atoms with Crippen LogP contribution in [0.4, 0.5) is 0 Å². The lowest BCUT2D eigenvalue weighted by molar-refractivity contribution is 0.600. The molecule has 1 aromatic heterocycles. The minimum absolute atomic E-state index is 1.10. The molecule has 2 heteroatoms. The molecule has 1 heterocycles. The van der Waals surface area contributed by atoms with Gasteiger partial charge in [-0.1, -0.05) is 32.1 Å². The largest absolute Gasteiger partial charge is 0.283 e. The van der Waals surface area contributed by atoms with Crippen molar-refractivity contribution in [3.05, 3.63) is 18.0 Å². The van der Waals surface area contributed by atoms with Crippen molar-refractivity contribution in [2.24, 2.45) is 5.92 Å². The van der Waals surface area contributed by atoms with E-state index < -0.39 is 0 Å². The Labute approximate surface area is 79.7 Å². The molecule has 0 amide bonds. The Bertz CT molecular complexity index is 224. The van der Waals surface area contributed by atoms with Crippen LogP contribution < -0.4 is 0 Å². The molecule has 1 aromatic rings. The van der Waals surface area contributed by atoms with E-state index in [0.717, 1.165) is 5.92 Å². The zero-order chi connectivity index (χ0) is 8.93. The smallest absolute Gasteiger partial charge is 0.0490 e. The van der Waals surface area contributed by atoms with Gasteiger partial charge >= 0.3 is 0 Å². The lowest BCUT2D eigenvalue weighted by atomic mass is 10.1. The third-order valence-electron chi connectivity index (χ3n) is 2.81. The molecule has 1 fully saturated rings. The molecule has 1 saturated carbocycles. The molecular formula is C11H18N2. The van der Waals surface area contributed by atoms with Crippen LogP contribution in [0.5, 0.6) is 0 Å². The van der Waals surface area contributed by atoms with Crippen molar-refractivity contribution in [3.63, 3.8) is 0 Å². The summed E-state index contributed by atoms with van der Waals surface area (Å²) in [5, 5.41) is 6.93. The van der Waals surface area contributed by atoms with Gasteiger partial charge in [-0.2, -0.15) is 5.10 Å². The Hall–Kier alpha value is -0.790. The molecular weight excluding hydrogens is 160 g/mol. The van der Waals surface area contributed by atoms with Crippen molar-refractivity contribution in [1.29, 1.82) is 0 Å². The maximum atomic E-state index is 3.93. The third kappa shape index (κ3) is 3.21. The predicted octanol–water partition coefficient (Wildman–Crippen LogP) is 2.92. The van der Waals surface area contributed by atoms with Gasteiger partial charge < -0.3 is 0 Å². The highest BCUT2D eigenvalue weighted by Crippen LogP contribution is 2.34. The van der Waals surface area contributed by atoms with Crippen molar-refractivity contribution in [1.82, 2.24) is 10.2 Å². The zero-order valence-corrected chi connectivity index (χ0v) is 8.13. The molecule has 0 radical (unpaired) electrons. The summed E-state index contributed by atoms with van der Waals surface area (Å²) in [6.45, 7) is 0. The molecule has 0 unspecified atom stereocenters. The van der Waals surface area contributed by atoms with E-state index in [1.165, 1.54) is 50.6 Å². The lowest BCUT2D eigenvalue weighted by Crippen LogP contribution is -1.86. The van der Waals surface area contributed by atoms with Gasteiger partial charge in [0.2, 0.25) is 0 Å². The highest BCUT2D eigenvalue weighted by Gasteiger charge is 2.19. The molecule has 1 N–H and O–H groups in total. The molecule has 0 atom stereocenters. The predicted molar refractivity (Wildman–Crippen MR) is 53.5 cm³/mol. The molecule has 72 valence electrons. The average molecular weight is 178 g/mol. The highest BCUT2D eigenvalue weighted by atomic mass is 15.1. The van der Waals surface area contributed by atoms with Crippen LogP contribution in [-0.2, 0) is 6.42 Å². The first kappa shape index (κ1) is 8.79. The van der Waals surface area contributed by atoms with E-state index in [-0.39, 0.29) is 0 Å². The maximum absolute atomic E-state index is 3.93. The molecule has 0 aliphatic heterocycles. The van der Waals surface area contributed by atoms with Gasteiger partial charge in [0.1, 0.15) is 0 Å². The van der Waals surface area contributed by atoms with Gasteiger partial charge in [0.15, 0.2) is 0 Å². The number of hydrogen-bond acceptors (Lipinski definition) is 1. The molecule has 0 saturated heterocycles. The Morgan fingerprint density at radius 1 is 1.31 bits per heavy atom. The summed E-state index contributed by atoms with van der Waals surface area (Å²) in [5.41, 5.74) is 1.28. The Morgan fingerprint density at radius 2 is 2.23 bits per heavy atom. The van der Waals surface area contributed by atoms with Crippen molar-refractivity contribution in [2.75, 3.05) is 0 Å². The monoisotopic (exact) mass is 178 g/mol. The minimum atomic E-state index is 1.10. The van der Waals surface area contributed by atoms with E-state index in [0.29, 0.717) is 0 Å². The van der Waals surface area contributed by atoms with Crippen LogP contribution in [0.25, 0.3) is 0 Å². The van der Waals surface area contributed by atoms with Crippen LogP contribution in [0.3, 0.4) is 0 Å². The Morgan fingerprint density at radius 3 is 2.92 bits per heavy atom. The number of nitrogens with zero attached hydrogens (tertiary/aromatic N) is 1. The van der Waals surface area contributed by atoms with Crippen LogP contribution in [0.2, 0.25) is 0 Å². The second-order valence-corrected chi connectivity index (χ2v) is 4.12. The maximum Gasteiger partial charge on any atom is 0.0490 e. The average Bonchev–Trinajstić information content (AvgIpc) is 2.81. The van der Waals surface area contributed by atoms with E-state index in [9.17, 15) is 0 Å². The SMILES string of the molecule is c1cc(CCCCCC2CC2)[nH]n1. The van der Waals surface area contributed by atoms with Crippen molar-refractivity contribution in [3.8, 4) is 0 Å². The summed E-state index contributed by atoms with van der Waals surface area (Å²) in [7, 11) is 0. The van der Waals surface area contributed by atoms with E-state index in [4.69, 9.17) is 0 Å². The highest BCUT2D eigenvalue weighted by molar-refractivity contribution is 4.96. The van der Waals surface area contributed by atoms with Gasteiger partial charge in [0, 0.05) is 11.9 Å². The van der Waals surface area contributed by atoms with Crippen LogP contribution in [-0.4, -0.2) is 10.2 Å². The van der Waals surface area contributed by atoms with E-state index >= 15 is 0 Å². The van der Waals surface area contributed by atoms with Gasteiger partial charge in [-0.25, -0.2) is 0 Å². The number of rotatable bonds is 6. The Balaban J connectivity index is 1.48. The van der Waals surface area contributed by atoms with Gasteiger partial charge in [0.25, 0.3) is 0 Å². The summed E-state index contributed by atoms with van der Waals surface area (Å²) in [6.07, 6.45) is 11.6. The molecule has 13 heavy (non-hydrogen) atoms. The topological polar surface area (TPSA) is 28.7 Å². The Kier molecular flexibility index (Phi) is 3.01. The number of unbranched alkanes of at least 4 members (excludes halogenated alkanes) is 2. The molecule has 2 rings (SSSR count).